The monoisotopic (exact) mass is 231 g/mol. The minimum Gasteiger partial charge on any atom is -0.469 e. The van der Waals surface area contributed by atoms with Gasteiger partial charge in [-0.2, -0.15) is 0 Å². The summed E-state index contributed by atoms with van der Waals surface area (Å²) in [5, 5.41) is 9.51. The number of aliphatic hydroxyl groups is 1. The highest BCUT2D eigenvalue weighted by atomic mass is 16.5. The fourth-order valence-electron chi connectivity index (χ4n) is 1.81. The largest absolute Gasteiger partial charge is 0.469 e. The van der Waals surface area contributed by atoms with E-state index in [9.17, 15) is 9.90 Å². The molecule has 1 fully saturated rings. The summed E-state index contributed by atoms with van der Waals surface area (Å²) in [6.07, 6.45) is -0.223. The van der Waals surface area contributed by atoms with Gasteiger partial charge >= 0.3 is 5.97 Å². The van der Waals surface area contributed by atoms with Crippen molar-refractivity contribution in [1.29, 1.82) is 0 Å². The second-order valence-electron chi connectivity index (χ2n) is 4.25. The molecule has 0 radical (unpaired) electrons. The Kier molecular flexibility index (Phi) is 5.18. The fraction of sp³-hybridized carbons (Fsp3) is 0.909. The van der Waals surface area contributed by atoms with Gasteiger partial charge in [0.15, 0.2) is 0 Å². The Labute approximate surface area is 96.3 Å². The van der Waals surface area contributed by atoms with Crippen LogP contribution in [0.3, 0.4) is 0 Å². The van der Waals surface area contributed by atoms with Crippen LogP contribution in [0.25, 0.3) is 0 Å². The van der Waals surface area contributed by atoms with Crippen LogP contribution in [0, 0.1) is 0 Å². The molecule has 1 aliphatic rings. The molecule has 1 heterocycles. The quantitative estimate of drug-likeness (QED) is 0.691. The number of carbonyl (C=O) groups is 1. The number of ether oxygens (including phenoxy) is 2. The number of hydrogen-bond donors (Lipinski definition) is 1. The van der Waals surface area contributed by atoms with Gasteiger partial charge in [0.05, 0.1) is 32.3 Å². The summed E-state index contributed by atoms with van der Waals surface area (Å²) in [7, 11) is 1.38. The van der Waals surface area contributed by atoms with Crippen molar-refractivity contribution in [2.45, 2.75) is 38.5 Å². The molecule has 1 rings (SSSR count). The summed E-state index contributed by atoms with van der Waals surface area (Å²) in [5.41, 5.74) is 0. The van der Waals surface area contributed by atoms with Gasteiger partial charge in [0.2, 0.25) is 0 Å². The van der Waals surface area contributed by atoms with E-state index in [2.05, 4.69) is 9.64 Å². The van der Waals surface area contributed by atoms with Crippen molar-refractivity contribution >= 4 is 5.97 Å². The lowest BCUT2D eigenvalue weighted by molar-refractivity contribution is -0.146. The van der Waals surface area contributed by atoms with Crippen LogP contribution in [0.2, 0.25) is 0 Å². The van der Waals surface area contributed by atoms with Gasteiger partial charge in [0, 0.05) is 19.1 Å². The lowest BCUT2D eigenvalue weighted by Gasteiger charge is -2.37. The molecule has 3 atom stereocenters. The van der Waals surface area contributed by atoms with Crippen molar-refractivity contribution in [3.8, 4) is 0 Å². The molecule has 94 valence electrons. The topological polar surface area (TPSA) is 59.0 Å². The van der Waals surface area contributed by atoms with Crippen LogP contribution >= 0.6 is 0 Å². The summed E-state index contributed by atoms with van der Waals surface area (Å²) in [4.78, 5) is 13.3. The van der Waals surface area contributed by atoms with Crippen molar-refractivity contribution < 1.29 is 19.4 Å². The molecule has 5 nitrogen and oxygen atoms in total. The molecule has 0 saturated carbocycles. The average Bonchev–Trinajstić information content (AvgIpc) is 2.28. The molecule has 16 heavy (non-hydrogen) atoms. The molecule has 5 heteroatoms. The van der Waals surface area contributed by atoms with Gasteiger partial charge in [-0.25, -0.2) is 0 Å². The van der Waals surface area contributed by atoms with Gasteiger partial charge in [0.1, 0.15) is 0 Å². The summed E-state index contributed by atoms with van der Waals surface area (Å²) in [6.45, 7) is 5.81. The van der Waals surface area contributed by atoms with E-state index in [1.807, 2.05) is 6.92 Å². The first kappa shape index (κ1) is 13.4. The number of rotatable bonds is 4. The van der Waals surface area contributed by atoms with Crippen LogP contribution in [0.5, 0.6) is 0 Å². The lowest BCUT2D eigenvalue weighted by Crippen LogP contribution is -2.50. The van der Waals surface area contributed by atoms with Crippen LogP contribution in [0.4, 0.5) is 0 Å². The molecule has 0 aliphatic carbocycles. The number of aliphatic hydroxyl groups excluding tert-OH is 1. The van der Waals surface area contributed by atoms with E-state index in [0.29, 0.717) is 13.2 Å². The highest BCUT2D eigenvalue weighted by Crippen LogP contribution is 2.13. The zero-order valence-corrected chi connectivity index (χ0v) is 10.2. The Bertz CT molecular complexity index is 232. The van der Waals surface area contributed by atoms with Gasteiger partial charge in [-0.15, -0.1) is 0 Å². The standard InChI is InChI=1S/C11H21NO4/c1-8(9(2)13)12-4-5-16-10(7-12)6-11(14)15-3/h8-10,13H,4-7H2,1-3H3. The van der Waals surface area contributed by atoms with Gasteiger partial charge in [-0.1, -0.05) is 0 Å². The van der Waals surface area contributed by atoms with Crippen molar-refractivity contribution in [1.82, 2.24) is 4.90 Å². The van der Waals surface area contributed by atoms with E-state index < -0.39 is 0 Å². The van der Waals surface area contributed by atoms with E-state index in [-0.39, 0.29) is 30.6 Å². The van der Waals surface area contributed by atoms with E-state index in [0.717, 1.165) is 6.54 Å². The lowest BCUT2D eigenvalue weighted by atomic mass is 10.1. The van der Waals surface area contributed by atoms with Crippen LogP contribution in [-0.4, -0.2) is 61.0 Å². The van der Waals surface area contributed by atoms with E-state index in [1.165, 1.54) is 7.11 Å². The van der Waals surface area contributed by atoms with Gasteiger partial charge in [0.25, 0.3) is 0 Å². The molecule has 1 aliphatic heterocycles. The average molecular weight is 231 g/mol. The summed E-state index contributed by atoms with van der Waals surface area (Å²) < 4.78 is 10.1. The molecule has 0 spiro atoms. The Morgan fingerprint density at radius 2 is 2.31 bits per heavy atom. The van der Waals surface area contributed by atoms with Crippen LogP contribution in [-0.2, 0) is 14.3 Å². The molecule has 0 bridgehead atoms. The summed E-state index contributed by atoms with van der Waals surface area (Å²) in [6, 6.07) is 0.0871. The second-order valence-corrected chi connectivity index (χ2v) is 4.25. The van der Waals surface area contributed by atoms with Crippen LogP contribution in [0.15, 0.2) is 0 Å². The van der Waals surface area contributed by atoms with Gasteiger partial charge in [-0.05, 0) is 13.8 Å². The van der Waals surface area contributed by atoms with E-state index in [1.54, 1.807) is 6.92 Å². The smallest absolute Gasteiger partial charge is 0.308 e. The molecule has 3 unspecified atom stereocenters. The number of methoxy groups -OCH3 is 1. The Morgan fingerprint density at radius 1 is 1.62 bits per heavy atom. The zero-order valence-electron chi connectivity index (χ0n) is 10.2. The molecular weight excluding hydrogens is 210 g/mol. The molecule has 0 amide bonds. The Hall–Kier alpha value is -0.650. The molecular formula is C11H21NO4. The Balaban J connectivity index is 2.43. The fourth-order valence-corrected chi connectivity index (χ4v) is 1.81. The number of nitrogens with zero attached hydrogens (tertiary/aromatic N) is 1. The number of hydrogen-bond acceptors (Lipinski definition) is 5. The maximum atomic E-state index is 11.1. The number of esters is 1. The molecule has 1 saturated heterocycles. The third kappa shape index (κ3) is 3.73. The SMILES string of the molecule is COC(=O)CC1CN(C(C)C(C)O)CCO1. The number of carbonyl (C=O) groups excluding carboxylic acids is 1. The first-order valence-electron chi connectivity index (χ1n) is 5.65. The Morgan fingerprint density at radius 3 is 2.88 bits per heavy atom. The van der Waals surface area contributed by atoms with Crippen LogP contribution in [0.1, 0.15) is 20.3 Å². The van der Waals surface area contributed by atoms with Crippen molar-refractivity contribution in [2.75, 3.05) is 26.8 Å². The second kappa shape index (κ2) is 6.18. The first-order chi connectivity index (χ1) is 7.54. The third-order valence-electron chi connectivity index (χ3n) is 3.07. The molecule has 0 aromatic heterocycles. The highest BCUT2D eigenvalue weighted by molar-refractivity contribution is 5.69. The minimum atomic E-state index is -0.378. The van der Waals surface area contributed by atoms with E-state index in [4.69, 9.17) is 4.74 Å². The molecule has 0 aromatic carbocycles. The summed E-state index contributed by atoms with van der Waals surface area (Å²) >= 11 is 0. The van der Waals surface area contributed by atoms with Gasteiger partial charge in [-0.3, -0.25) is 9.69 Å². The molecule has 1 N–H and O–H groups in total. The normalized spacial score (nSPS) is 26.1. The predicted molar refractivity (Wildman–Crippen MR) is 59.1 cm³/mol. The van der Waals surface area contributed by atoms with Crippen molar-refractivity contribution in [3.05, 3.63) is 0 Å². The zero-order chi connectivity index (χ0) is 12.1. The minimum absolute atomic E-state index is 0.0871. The third-order valence-corrected chi connectivity index (χ3v) is 3.07. The summed E-state index contributed by atoms with van der Waals surface area (Å²) in [5.74, 6) is -0.253. The maximum Gasteiger partial charge on any atom is 0.308 e. The number of morpholine rings is 1. The van der Waals surface area contributed by atoms with Gasteiger partial charge < -0.3 is 14.6 Å². The van der Waals surface area contributed by atoms with Crippen molar-refractivity contribution in [3.63, 3.8) is 0 Å². The van der Waals surface area contributed by atoms with E-state index >= 15 is 0 Å². The maximum absolute atomic E-state index is 11.1. The molecule has 0 aromatic rings. The first-order valence-corrected chi connectivity index (χ1v) is 5.65. The predicted octanol–water partition coefficient (Wildman–Crippen LogP) is 0.0196. The van der Waals surface area contributed by atoms with Crippen LogP contribution < -0.4 is 0 Å². The highest BCUT2D eigenvalue weighted by Gasteiger charge is 2.27. The van der Waals surface area contributed by atoms with Crippen molar-refractivity contribution in [2.24, 2.45) is 0 Å².